The summed E-state index contributed by atoms with van der Waals surface area (Å²) in [6.07, 6.45) is 1.95. The van der Waals surface area contributed by atoms with Gasteiger partial charge in [0.05, 0.1) is 24.0 Å². The molecule has 0 aliphatic heterocycles. The van der Waals surface area contributed by atoms with Gasteiger partial charge in [0.2, 0.25) is 0 Å². The van der Waals surface area contributed by atoms with Gasteiger partial charge in [0, 0.05) is 12.6 Å². The highest BCUT2D eigenvalue weighted by Gasteiger charge is 2.14. The Hall–Kier alpha value is -2.44. The number of aromatic nitrogens is 2. The molecule has 6 nitrogen and oxygen atoms in total. The molecule has 0 atom stereocenters. The van der Waals surface area contributed by atoms with Gasteiger partial charge < -0.3 is 15.2 Å². The van der Waals surface area contributed by atoms with Crippen LogP contribution in [0.25, 0.3) is 0 Å². The minimum atomic E-state index is -0.558. The Balaban J connectivity index is 2.08. The first kappa shape index (κ1) is 15.0. The van der Waals surface area contributed by atoms with Crippen LogP contribution in [0.15, 0.2) is 22.9 Å². The first-order valence-electron chi connectivity index (χ1n) is 6.70. The average Bonchev–Trinajstić information content (AvgIpc) is 2.89. The number of aryl methyl sites for hydroxylation is 1. The van der Waals surface area contributed by atoms with Gasteiger partial charge in [0.1, 0.15) is 11.6 Å². The standard InChI is InChI=1S/C14H17FN4O2/c1-3-4-16-13-12(6-10(15)7-17-13)14(20)18-8-11-5-9(2)19-21-11/h5-7H,3-4,8H2,1-2H3,(H,16,17)(H,18,20). The number of carbonyl (C=O) groups is 1. The lowest BCUT2D eigenvalue weighted by atomic mass is 10.2. The lowest BCUT2D eigenvalue weighted by Gasteiger charge is -2.10. The first-order valence-corrected chi connectivity index (χ1v) is 6.70. The van der Waals surface area contributed by atoms with Gasteiger partial charge in [-0.05, 0) is 19.4 Å². The third-order valence-electron chi connectivity index (χ3n) is 2.74. The van der Waals surface area contributed by atoms with Gasteiger partial charge in [-0.15, -0.1) is 0 Å². The molecule has 1 amide bonds. The Labute approximate surface area is 121 Å². The van der Waals surface area contributed by atoms with Crippen LogP contribution in [0, 0.1) is 12.7 Å². The molecule has 0 aliphatic rings. The fourth-order valence-electron chi connectivity index (χ4n) is 1.76. The van der Waals surface area contributed by atoms with Crippen molar-refractivity contribution in [2.75, 3.05) is 11.9 Å². The third-order valence-corrected chi connectivity index (χ3v) is 2.74. The number of hydrogen-bond donors (Lipinski definition) is 2. The van der Waals surface area contributed by atoms with E-state index in [4.69, 9.17) is 4.52 Å². The van der Waals surface area contributed by atoms with Crippen LogP contribution in [0.1, 0.15) is 35.2 Å². The van der Waals surface area contributed by atoms with Gasteiger partial charge >= 0.3 is 0 Å². The molecule has 0 aliphatic carbocycles. The summed E-state index contributed by atoms with van der Waals surface area (Å²) in [5, 5.41) is 9.38. The van der Waals surface area contributed by atoms with E-state index in [1.54, 1.807) is 13.0 Å². The molecule has 0 bridgehead atoms. The molecule has 0 unspecified atom stereocenters. The summed E-state index contributed by atoms with van der Waals surface area (Å²) >= 11 is 0. The molecule has 2 N–H and O–H groups in total. The number of pyridine rings is 1. The maximum absolute atomic E-state index is 13.3. The Morgan fingerprint density at radius 1 is 1.43 bits per heavy atom. The smallest absolute Gasteiger partial charge is 0.255 e. The summed E-state index contributed by atoms with van der Waals surface area (Å²) in [4.78, 5) is 16.1. The van der Waals surface area contributed by atoms with E-state index in [1.165, 1.54) is 0 Å². The summed E-state index contributed by atoms with van der Waals surface area (Å²) in [6.45, 7) is 4.62. The van der Waals surface area contributed by atoms with Crippen molar-refractivity contribution in [2.24, 2.45) is 0 Å². The zero-order valence-electron chi connectivity index (χ0n) is 11.9. The minimum Gasteiger partial charge on any atom is -0.369 e. The molecule has 0 radical (unpaired) electrons. The zero-order valence-corrected chi connectivity index (χ0v) is 11.9. The molecular weight excluding hydrogens is 275 g/mol. The predicted molar refractivity (Wildman–Crippen MR) is 75.4 cm³/mol. The van der Waals surface area contributed by atoms with E-state index >= 15 is 0 Å². The molecule has 2 heterocycles. The Morgan fingerprint density at radius 2 is 2.24 bits per heavy atom. The van der Waals surface area contributed by atoms with Crippen LogP contribution in [-0.2, 0) is 6.54 Å². The molecule has 7 heteroatoms. The number of hydrogen-bond acceptors (Lipinski definition) is 5. The summed E-state index contributed by atoms with van der Waals surface area (Å²) in [7, 11) is 0. The molecule has 0 fully saturated rings. The number of rotatable bonds is 6. The fourth-order valence-corrected chi connectivity index (χ4v) is 1.76. The van der Waals surface area contributed by atoms with Gasteiger partial charge in [-0.2, -0.15) is 0 Å². The van der Waals surface area contributed by atoms with Gasteiger partial charge in [0.25, 0.3) is 5.91 Å². The van der Waals surface area contributed by atoms with Crippen LogP contribution in [0.4, 0.5) is 10.2 Å². The lowest BCUT2D eigenvalue weighted by molar-refractivity contribution is 0.0947. The predicted octanol–water partition coefficient (Wildman–Crippen LogP) is 2.27. The topological polar surface area (TPSA) is 80.0 Å². The average molecular weight is 292 g/mol. The number of nitrogens with one attached hydrogen (secondary N) is 2. The van der Waals surface area contributed by atoms with E-state index in [9.17, 15) is 9.18 Å². The lowest BCUT2D eigenvalue weighted by Crippen LogP contribution is -2.24. The first-order chi connectivity index (χ1) is 10.1. The van der Waals surface area contributed by atoms with Crippen molar-refractivity contribution in [3.63, 3.8) is 0 Å². The van der Waals surface area contributed by atoms with Crippen LogP contribution >= 0.6 is 0 Å². The normalized spacial score (nSPS) is 10.4. The monoisotopic (exact) mass is 292 g/mol. The zero-order chi connectivity index (χ0) is 15.2. The number of carbonyl (C=O) groups excluding carboxylic acids is 1. The van der Waals surface area contributed by atoms with Crippen LogP contribution in [0.5, 0.6) is 0 Å². The molecule has 2 aromatic heterocycles. The molecule has 0 saturated heterocycles. The number of anilines is 1. The maximum atomic E-state index is 13.3. The highest BCUT2D eigenvalue weighted by atomic mass is 19.1. The van der Waals surface area contributed by atoms with Gasteiger partial charge in [-0.3, -0.25) is 4.79 Å². The highest BCUT2D eigenvalue weighted by molar-refractivity contribution is 5.98. The second-order valence-electron chi connectivity index (χ2n) is 4.59. The largest absolute Gasteiger partial charge is 0.369 e. The minimum absolute atomic E-state index is 0.166. The third kappa shape index (κ3) is 4.01. The van der Waals surface area contributed by atoms with E-state index in [2.05, 4.69) is 20.8 Å². The van der Waals surface area contributed by atoms with Crippen molar-refractivity contribution in [1.29, 1.82) is 0 Å². The van der Waals surface area contributed by atoms with Crippen molar-refractivity contribution in [2.45, 2.75) is 26.8 Å². The SMILES string of the molecule is CCCNc1ncc(F)cc1C(=O)NCc1cc(C)no1. The molecule has 112 valence electrons. The molecular formula is C14H17FN4O2. The molecule has 0 aromatic carbocycles. The van der Waals surface area contributed by atoms with E-state index in [-0.39, 0.29) is 12.1 Å². The molecule has 0 spiro atoms. The Kier molecular flexibility index (Phi) is 4.86. The second-order valence-corrected chi connectivity index (χ2v) is 4.59. The molecule has 21 heavy (non-hydrogen) atoms. The summed E-state index contributed by atoms with van der Waals surface area (Å²) in [5.41, 5.74) is 0.900. The van der Waals surface area contributed by atoms with Crippen molar-refractivity contribution >= 4 is 11.7 Å². The Bertz CT molecular complexity index is 627. The second kappa shape index (κ2) is 6.83. The number of nitrogens with zero attached hydrogens (tertiary/aromatic N) is 2. The summed E-state index contributed by atoms with van der Waals surface area (Å²) in [5.74, 6) is -0.0786. The van der Waals surface area contributed by atoms with E-state index in [1.807, 2.05) is 6.92 Å². The van der Waals surface area contributed by atoms with Crippen LogP contribution in [0.2, 0.25) is 0 Å². The van der Waals surface area contributed by atoms with Crippen LogP contribution in [0.3, 0.4) is 0 Å². The van der Waals surface area contributed by atoms with E-state index in [0.717, 1.165) is 24.4 Å². The Morgan fingerprint density at radius 3 is 2.90 bits per heavy atom. The van der Waals surface area contributed by atoms with Gasteiger partial charge in [-0.1, -0.05) is 12.1 Å². The van der Waals surface area contributed by atoms with E-state index < -0.39 is 11.7 Å². The van der Waals surface area contributed by atoms with Gasteiger partial charge in [0.15, 0.2) is 5.76 Å². The fraction of sp³-hybridized carbons (Fsp3) is 0.357. The number of halogens is 1. The van der Waals surface area contributed by atoms with Crippen molar-refractivity contribution in [3.05, 3.63) is 41.2 Å². The summed E-state index contributed by atoms with van der Waals surface area (Å²) in [6, 6.07) is 2.88. The molecule has 2 aromatic rings. The van der Waals surface area contributed by atoms with Gasteiger partial charge in [-0.25, -0.2) is 9.37 Å². The maximum Gasteiger partial charge on any atom is 0.255 e. The molecule has 2 rings (SSSR count). The summed E-state index contributed by atoms with van der Waals surface area (Å²) < 4.78 is 18.3. The number of amides is 1. The van der Waals surface area contributed by atoms with Crippen LogP contribution in [-0.4, -0.2) is 22.6 Å². The quantitative estimate of drug-likeness (QED) is 0.853. The van der Waals surface area contributed by atoms with Crippen LogP contribution < -0.4 is 10.6 Å². The van der Waals surface area contributed by atoms with E-state index in [0.29, 0.717) is 18.1 Å². The highest BCUT2D eigenvalue weighted by Crippen LogP contribution is 2.14. The van der Waals surface area contributed by atoms with Crippen molar-refractivity contribution in [3.8, 4) is 0 Å². The molecule has 0 saturated carbocycles. The van der Waals surface area contributed by atoms with Crippen molar-refractivity contribution in [1.82, 2.24) is 15.5 Å². The van der Waals surface area contributed by atoms with Crippen molar-refractivity contribution < 1.29 is 13.7 Å².